The SMILES string of the molecule is CCOc1cccc(C2/C(=C(\O)c3ccccc3)C(=O)C(=O)N2c2nnc(SCc3ccc(F)cc3)s2)c1. The molecule has 4 aromatic rings. The number of ether oxygens (including phenoxy) is 1. The number of anilines is 1. The zero-order valence-electron chi connectivity index (χ0n) is 20.2. The van der Waals surface area contributed by atoms with E-state index in [4.69, 9.17) is 4.74 Å². The molecule has 1 amide bonds. The number of nitrogens with zero attached hydrogens (tertiary/aromatic N) is 3. The fourth-order valence-corrected chi connectivity index (χ4v) is 5.95. The van der Waals surface area contributed by atoms with Crippen LogP contribution in [-0.4, -0.2) is 33.6 Å². The molecule has 2 heterocycles. The molecule has 0 aliphatic carbocycles. The zero-order chi connectivity index (χ0) is 26.6. The molecule has 1 aliphatic heterocycles. The van der Waals surface area contributed by atoms with Crippen LogP contribution < -0.4 is 9.64 Å². The Balaban J connectivity index is 1.54. The molecule has 1 unspecified atom stereocenters. The van der Waals surface area contributed by atoms with Gasteiger partial charge in [-0.3, -0.25) is 14.5 Å². The molecule has 10 heteroatoms. The number of Topliss-reactive ketones (excluding diaryl/α,β-unsaturated/α-hetero) is 1. The number of hydrogen-bond donors (Lipinski definition) is 1. The van der Waals surface area contributed by atoms with Gasteiger partial charge in [0, 0.05) is 11.3 Å². The number of halogens is 1. The predicted molar refractivity (Wildman–Crippen MR) is 145 cm³/mol. The van der Waals surface area contributed by atoms with Gasteiger partial charge in [0.1, 0.15) is 17.3 Å². The van der Waals surface area contributed by atoms with Crippen molar-refractivity contribution in [3.63, 3.8) is 0 Å². The smallest absolute Gasteiger partial charge is 0.301 e. The van der Waals surface area contributed by atoms with Crippen molar-refractivity contribution in [1.82, 2.24) is 10.2 Å². The average molecular weight is 548 g/mol. The largest absolute Gasteiger partial charge is 0.507 e. The number of aromatic nitrogens is 2. The first-order valence-corrected chi connectivity index (χ1v) is 13.6. The standard InChI is InChI=1S/C28H22FN3O4S2/c1-2-36-21-10-6-9-19(15-21)23-22(24(33)18-7-4-3-5-8-18)25(34)26(35)32(23)27-30-31-28(38-27)37-16-17-11-13-20(29)14-12-17/h3-15,23,33H,2,16H2,1H3/b24-22+. The number of aliphatic hydroxyl groups excluding tert-OH is 1. The highest BCUT2D eigenvalue weighted by Crippen LogP contribution is 2.44. The Kier molecular flexibility index (Phi) is 7.52. The van der Waals surface area contributed by atoms with Crippen LogP contribution in [0.4, 0.5) is 9.52 Å². The van der Waals surface area contributed by atoms with Crippen molar-refractivity contribution in [3.05, 3.63) is 107 Å². The fraction of sp³-hybridized carbons (Fsp3) is 0.143. The molecule has 7 nitrogen and oxygen atoms in total. The van der Waals surface area contributed by atoms with Crippen LogP contribution in [0.15, 0.2) is 88.8 Å². The minimum Gasteiger partial charge on any atom is -0.507 e. The number of hydrogen-bond acceptors (Lipinski definition) is 8. The van der Waals surface area contributed by atoms with Gasteiger partial charge in [0.15, 0.2) is 4.34 Å². The van der Waals surface area contributed by atoms with Gasteiger partial charge in [0.25, 0.3) is 5.78 Å². The summed E-state index contributed by atoms with van der Waals surface area (Å²) >= 11 is 2.55. The first-order chi connectivity index (χ1) is 18.5. The van der Waals surface area contributed by atoms with Crippen LogP contribution in [-0.2, 0) is 15.3 Å². The summed E-state index contributed by atoms with van der Waals surface area (Å²) < 4.78 is 19.4. The third-order valence-electron chi connectivity index (χ3n) is 5.85. The molecule has 192 valence electrons. The lowest BCUT2D eigenvalue weighted by atomic mass is 9.95. The summed E-state index contributed by atoms with van der Waals surface area (Å²) in [5.74, 6) is -1.09. The Morgan fingerprint density at radius 1 is 1.05 bits per heavy atom. The number of benzene rings is 3. The summed E-state index contributed by atoms with van der Waals surface area (Å²) in [6.07, 6.45) is 0. The van der Waals surface area contributed by atoms with Crippen LogP contribution in [0.1, 0.15) is 29.7 Å². The lowest BCUT2D eigenvalue weighted by molar-refractivity contribution is -0.132. The molecule has 1 N–H and O–H groups in total. The average Bonchev–Trinajstić information content (AvgIpc) is 3.51. The first kappa shape index (κ1) is 25.6. The maximum atomic E-state index is 13.4. The molecule has 0 saturated carbocycles. The van der Waals surface area contributed by atoms with E-state index in [0.29, 0.717) is 33.6 Å². The van der Waals surface area contributed by atoms with E-state index >= 15 is 0 Å². The molecular formula is C28H22FN3O4S2. The van der Waals surface area contributed by atoms with Gasteiger partial charge < -0.3 is 9.84 Å². The predicted octanol–water partition coefficient (Wildman–Crippen LogP) is 5.99. The molecule has 1 fully saturated rings. The maximum absolute atomic E-state index is 13.4. The van der Waals surface area contributed by atoms with E-state index in [1.54, 1.807) is 66.7 Å². The van der Waals surface area contributed by atoms with Crippen molar-refractivity contribution in [1.29, 1.82) is 0 Å². The summed E-state index contributed by atoms with van der Waals surface area (Å²) in [5, 5.41) is 19.8. The minimum absolute atomic E-state index is 0.0365. The second-order valence-corrected chi connectivity index (χ2v) is 10.5. The number of rotatable bonds is 8. The van der Waals surface area contributed by atoms with E-state index in [1.165, 1.54) is 28.8 Å². The van der Waals surface area contributed by atoms with E-state index in [2.05, 4.69) is 10.2 Å². The highest BCUT2D eigenvalue weighted by molar-refractivity contribution is 8.00. The minimum atomic E-state index is -0.932. The molecule has 38 heavy (non-hydrogen) atoms. The van der Waals surface area contributed by atoms with Crippen LogP contribution in [0.2, 0.25) is 0 Å². The Hall–Kier alpha value is -4.02. The molecule has 1 atom stereocenters. The van der Waals surface area contributed by atoms with Gasteiger partial charge in [-0.25, -0.2) is 4.39 Å². The van der Waals surface area contributed by atoms with Crippen LogP contribution in [0.25, 0.3) is 5.76 Å². The summed E-state index contributed by atoms with van der Waals surface area (Å²) in [6.45, 7) is 2.30. The fourth-order valence-electron chi connectivity index (χ4n) is 4.12. The molecule has 1 aliphatic rings. The van der Waals surface area contributed by atoms with Crippen LogP contribution in [0, 0.1) is 5.82 Å². The van der Waals surface area contributed by atoms with E-state index < -0.39 is 17.7 Å². The Labute approximate surface area is 226 Å². The van der Waals surface area contributed by atoms with Crippen molar-refractivity contribution in [2.75, 3.05) is 11.5 Å². The van der Waals surface area contributed by atoms with E-state index in [1.807, 2.05) is 6.92 Å². The second kappa shape index (κ2) is 11.2. The van der Waals surface area contributed by atoms with Gasteiger partial charge in [-0.15, -0.1) is 10.2 Å². The molecule has 1 aromatic heterocycles. The van der Waals surface area contributed by atoms with Gasteiger partial charge in [0.2, 0.25) is 5.13 Å². The summed E-state index contributed by atoms with van der Waals surface area (Å²) in [7, 11) is 0. The quantitative estimate of drug-likeness (QED) is 0.0952. The summed E-state index contributed by atoms with van der Waals surface area (Å²) in [6, 6.07) is 20.9. The van der Waals surface area contributed by atoms with E-state index in [9.17, 15) is 19.1 Å². The lowest BCUT2D eigenvalue weighted by Gasteiger charge is -2.23. The number of amides is 1. The summed E-state index contributed by atoms with van der Waals surface area (Å²) in [5.41, 5.74) is 1.88. The molecule has 3 aromatic carbocycles. The van der Waals surface area contributed by atoms with Crippen molar-refractivity contribution in [2.24, 2.45) is 0 Å². The monoisotopic (exact) mass is 547 g/mol. The molecule has 5 rings (SSSR count). The van der Waals surface area contributed by atoms with Crippen LogP contribution in [0.3, 0.4) is 0 Å². The number of ketones is 1. The van der Waals surface area contributed by atoms with Gasteiger partial charge in [0.05, 0.1) is 18.2 Å². The van der Waals surface area contributed by atoms with Crippen LogP contribution in [0.5, 0.6) is 5.75 Å². The number of aliphatic hydroxyl groups is 1. The van der Waals surface area contributed by atoms with Gasteiger partial charge in [-0.05, 0) is 42.3 Å². The van der Waals surface area contributed by atoms with Crippen LogP contribution >= 0.6 is 23.1 Å². The zero-order valence-corrected chi connectivity index (χ0v) is 21.8. The molecular weight excluding hydrogens is 525 g/mol. The maximum Gasteiger partial charge on any atom is 0.301 e. The Morgan fingerprint density at radius 2 is 1.82 bits per heavy atom. The topological polar surface area (TPSA) is 92.6 Å². The number of carbonyl (C=O) groups is 2. The highest BCUT2D eigenvalue weighted by Gasteiger charge is 2.48. The number of carbonyl (C=O) groups excluding carboxylic acids is 2. The second-order valence-electron chi connectivity index (χ2n) is 8.31. The number of thioether (sulfide) groups is 1. The molecule has 0 spiro atoms. The third-order valence-corrected chi connectivity index (χ3v) is 7.98. The third kappa shape index (κ3) is 5.18. The lowest BCUT2D eigenvalue weighted by Crippen LogP contribution is -2.29. The first-order valence-electron chi connectivity index (χ1n) is 11.8. The normalized spacial score (nSPS) is 16.7. The van der Waals surface area contributed by atoms with Gasteiger partial charge in [-0.2, -0.15) is 0 Å². The molecule has 0 radical (unpaired) electrons. The van der Waals surface area contributed by atoms with E-state index in [-0.39, 0.29) is 22.3 Å². The van der Waals surface area contributed by atoms with Crippen molar-refractivity contribution < 1.29 is 23.8 Å². The van der Waals surface area contributed by atoms with Crippen molar-refractivity contribution >= 4 is 45.7 Å². The van der Waals surface area contributed by atoms with Crippen molar-refractivity contribution in [3.8, 4) is 5.75 Å². The Bertz CT molecular complexity index is 1510. The van der Waals surface area contributed by atoms with E-state index in [0.717, 1.165) is 16.9 Å². The molecule has 1 saturated heterocycles. The highest BCUT2D eigenvalue weighted by atomic mass is 32.2. The van der Waals surface area contributed by atoms with Crippen molar-refractivity contribution in [2.45, 2.75) is 23.1 Å². The summed E-state index contributed by atoms with van der Waals surface area (Å²) in [4.78, 5) is 28.0. The van der Waals surface area contributed by atoms with Gasteiger partial charge in [-0.1, -0.05) is 77.7 Å². The Morgan fingerprint density at radius 3 is 2.55 bits per heavy atom. The molecule has 0 bridgehead atoms. The van der Waals surface area contributed by atoms with Gasteiger partial charge >= 0.3 is 5.91 Å².